The number of hydrogen-bond donors (Lipinski definition) is 0. The summed E-state index contributed by atoms with van der Waals surface area (Å²) in [5.74, 6) is 0. The van der Waals surface area contributed by atoms with Gasteiger partial charge in [0.15, 0.2) is 0 Å². The lowest BCUT2D eigenvalue weighted by Gasteiger charge is -2.37. The van der Waals surface area contributed by atoms with Gasteiger partial charge in [-0.05, 0) is 89.1 Å². The van der Waals surface area contributed by atoms with E-state index in [0.717, 1.165) is 62.9 Å². The highest BCUT2D eigenvalue weighted by Gasteiger charge is 2.30. The third-order valence-electron chi connectivity index (χ3n) is 5.97. The molecule has 1 unspecified atom stereocenters. The molecular weight excluding hydrogens is 384 g/mol. The molecule has 0 amide bonds. The summed E-state index contributed by atoms with van der Waals surface area (Å²) in [6, 6.07) is 7.27. The Kier molecular flexibility index (Phi) is 7.52. The zero-order valence-corrected chi connectivity index (χ0v) is 18.8. The molecule has 1 aromatic rings. The summed E-state index contributed by atoms with van der Waals surface area (Å²) in [6.45, 7) is 8.71. The number of aryl methyl sites for hydroxylation is 1. The SMILES string of the molecule is CCCN(CCC)C1CCC2=C(CCC/C2=N\OS(=O)(=O)c2ccc(C)cc2)C1. The van der Waals surface area contributed by atoms with Crippen molar-refractivity contribution in [3.8, 4) is 0 Å². The van der Waals surface area contributed by atoms with Crippen LogP contribution in [0.5, 0.6) is 0 Å². The first-order chi connectivity index (χ1) is 13.9. The van der Waals surface area contributed by atoms with Crippen LogP contribution in [-0.4, -0.2) is 38.2 Å². The Labute approximate surface area is 175 Å². The fraction of sp³-hybridized carbons (Fsp3) is 0.609. The first kappa shape index (κ1) is 22.0. The number of allylic oxidation sites excluding steroid dienone is 1. The number of nitrogens with zero attached hydrogens (tertiary/aromatic N) is 2. The molecule has 29 heavy (non-hydrogen) atoms. The molecule has 0 radical (unpaired) electrons. The van der Waals surface area contributed by atoms with E-state index in [-0.39, 0.29) is 4.90 Å². The number of hydrogen-bond acceptors (Lipinski definition) is 5. The molecule has 0 aliphatic heterocycles. The van der Waals surface area contributed by atoms with Gasteiger partial charge in [0.2, 0.25) is 0 Å². The van der Waals surface area contributed by atoms with Crippen LogP contribution in [0.3, 0.4) is 0 Å². The lowest BCUT2D eigenvalue weighted by atomic mass is 9.78. The molecule has 0 saturated carbocycles. The second kappa shape index (κ2) is 9.90. The minimum absolute atomic E-state index is 0.149. The van der Waals surface area contributed by atoms with Crippen LogP contribution in [0.15, 0.2) is 45.5 Å². The summed E-state index contributed by atoms with van der Waals surface area (Å²) in [4.78, 5) is 2.78. The third-order valence-corrected chi connectivity index (χ3v) is 7.09. The molecule has 0 N–H and O–H groups in total. The first-order valence-electron chi connectivity index (χ1n) is 11.0. The summed E-state index contributed by atoms with van der Waals surface area (Å²) in [7, 11) is -3.87. The van der Waals surface area contributed by atoms with Crippen LogP contribution >= 0.6 is 0 Å². The minimum Gasteiger partial charge on any atom is -0.300 e. The van der Waals surface area contributed by atoms with Crippen LogP contribution in [0.2, 0.25) is 0 Å². The molecule has 6 heteroatoms. The molecule has 5 nitrogen and oxygen atoms in total. The predicted octanol–water partition coefficient (Wildman–Crippen LogP) is 5.21. The summed E-state index contributed by atoms with van der Waals surface area (Å²) in [6.07, 6.45) is 8.43. The van der Waals surface area contributed by atoms with Gasteiger partial charge in [-0.1, -0.05) is 42.3 Å². The first-order valence-corrected chi connectivity index (χ1v) is 12.4. The van der Waals surface area contributed by atoms with Gasteiger partial charge in [-0.2, -0.15) is 8.42 Å². The number of rotatable bonds is 8. The topological polar surface area (TPSA) is 59.0 Å². The van der Waals surface area contributed by atoms with E-state index in [9.17, 15) is 8.42 Å². The highest BCUT2D eigenvalue weighted by Crippen LogP contribution is 2.36. The van der Waals surface area contributed by atoms with Crippen LogP contribution in [-0.2, 0) is 14.4 Å². The smallest absolute Gasteiger partial charge is 0.300 e. The standard InChI is InChI=1S/C23H34N2O3S/c1-4-15-25(16-5-2)20-11-14-22-19(17-20)7-6-8-23(22)24-28-29(26,27)21-12-9-18(3)10-13-21/h9-10,12-13,20H,4-8,11,14-17H2,1-3H3/b24-23+. The van der Waals surface area contributed by atoms with Gasteiger partial charge in [0.05, 0.1) is 5.71 Å². The van der Waals surface area contributed by atoms with Crippen molar-refractivity contribution >= 4 is 15.8 Å². The molecule has 0 heterocycles. The summed E-state index contributed by atoms with van der Waals surface area (Å²) in [5, 5.41) is 4.14. The maximum absolute atomic E-state index is 12.5. The van der Waals surface area contributed by atoms with Gasteiger partial charge < -0.3 is 4.90 Å². The van der Waals surface area contributed by atoms with Crippen LogP contribution < -0.4 is 0 Å². The van der Waals surface area contributed by atoms with Crippen LogP contribution in [0.1, 0.15) is 70.8 Å². The second-order valence-electron chi connectivity index (χ2n) is 8.25. The normalized spacial score (nSPS) is 21.5. The van der Waals surface area contributed by atoms with Crippen molar-refractivity contribution < 1.29 is 12.7 Å². The highest BCUT2D eigenvalue weighted by molar-refractivity contribution is 7.86. The largest absolute Gasteiger partial charge is 0.358 e. The van der Waals surface area contributed by atoms with Crippen molar-refractivity contribution in [2.75, 3.05) is 13.1 Å². The van der Waals surface area contributed by atoms with Crippen molar-refractivity contribution in [3.05, 3.63) is 41.0 Å². The molecule has 1 aromatic carbocycles. The highest BCUT2D eigenvalue weighted by atomic mass is 32.2. The molecule has 2 aliphatic rings. The molecule has 0 aromatic heterocycles. The summed E-state index contributed by atoms with van der Waals surface area (Å²) < 4.78 is 30.1. The molecule has 0 spiro atoms. The van der Waals surface area contributed by atoms with Crippen LogP contribution in [0.25, 0.3) is 0 Å². The van der Waals surface area contributed by atoms with Gasteiger partial charge >= 0.3 is 10.1 Å². The monoisotopic (exact) mass is 418 g/mol. The van der Waals surface area contributed by atoms with Gasteiger partial charge in [-0.15, -0.1) is 0 Å². The Morgan fingerprint density at radius 1 is 1.07 bits per heavy atom. The fourth-order valence-corrected chi connectivity index (χ4v) is 5.27. The van der Waals surface area contributed by atoms with Crippen molar-refractivity contribution in [2.24, 2.45) is 5.16 Å². The molecule has 1 atom stereocenters. The maximum atomic E-state index is 12.5. The average Bonchev–Trinajstić information content (AvgIpc) is 2.72. The summed E-state index contributed by atoms with van der Waals surface area (Å²) >= 11 is 0. The van der Waals surface area contributed by atoms with Gasteiger partial charge in [0, 0.05) is 6.04 Å². The number of benzene rings is 1. The molecule has 0 fully saturated rings. The van der Waals surface area contributed by atoms with E-state index in [0.29, 0.717) is 6.04 Å². The van der Waals surface area contributed by atoms with Crippen molar-refractivity contribution in [1.29, 1.82) is 0 Å². The maximum Gasteiger partial charge on any atom is 0.358 e. The van der Waals surface area contributed by atoms with Crippen molar-refractivity contribution in [1.82, 2.24) is 4.90 Å². The third kappa shape index (κ3) is 5.48. The average molecular weight is 419 g/mol. The van der Waals surface area contributed by atoms with E-state index in [4.69, 9.17) is 4.28 Å². The fourth-order valence-electron chi connectivity index (χ4n) is 4.52. The van der Waals surface area contributed by atoms with E-state index in [1.165, 1.54) is 24.0 Å². The zero-order chi connectivity index (χ0) is 20.9. The molecule has 0 saturated heterocycles. The summed E-state index contributed by atoms with van der Waals surface area (Å²) in [5.41, 5.74) is 4.55. The predicted molar refractivity (Wildman–Crippen MR) is 118 cm³/mol. The Morgan fingerprint density at radius 2 is 1.76 bits per heavy atom. The Morgan fingerprint density at radius 3 is 2.41 bits per heavy atom. The molecule has 2 aliphatic carbocycles. The van der Waals surface area contributed by atoms with E-state index >= 15 is 0 Å². The molecular formula is C23H34N2O3S. The molecule has 0 bridgehead atoms. The Balaban J connectivity index is 1.74. The molecule has 3 rings (SSSR count). The lowest BCUT2D eigenvalue weighted by Crippen LogP contribution is -2.39. The van der Waals surface area contributed by atoms with E-state index < -0.39 is 10.1 Å². The lowest BCUT2D eigenvalue weighted by molar-refractivity contribution is 0.179. The molecule has 160 valence electrons. The second-order valence-corrected chi connectivity index (χ2v) is 9.78. The van der Waals surface area contributed by atoms with Crippen molar-refractivity contribution in [3.63, 3.8) is 0 Å². The zero-order valence-electron chi connectivity index (χ0n) is 18.0. The Bertz CT molecular complexity index is 851. The quantitative estimate of drug-likeness (QED) is 0.544. The van der Waals surface area contributed by atoms with Gasteiger partial charge in [-0.3, -0.25) is 4.28 Å². The van der Waals surface area contributed by atoms with E-state index in [1.807, 2.05) is 6.92 Å². The number of oxime groups is 1. The van der Waals surface area contributed by atoms with Crippen molar-refractivity contribution in [2.45, 2.75) is 83.1 Å². The van der Waals surface area contributed by atoms with Gasteiger partial charge in [-0.25, -0.2) is 0 Å². The van der Waals surface area contributed by atoms with Gasteiger partial charge in [0.25, 0.3) is 0 Å². The van der Waals surface area contributed by atoms with E-state index in [2.05, 4.69) is 23.9 Å². The Hall–Kier alpha value is -1.66. The van der Waals surface area contributed by atoms with Crippen LogP contribution in [0, 0.1) is 6.92 Å². The van der Waals surface area contributed by atoms with Crippen LogP contribution in [0.4, 0.5) is 0 Å². The van der Waals surface area contributed by atoms with E-state index in [1.54, 1.807) is 24.3 Å². The minimum atomic E-state index is -3.87. The van der Waals surface area contributed by atoms with Gasteiger partial charge in [0.1, 0.15) is 4.90 Å².